The minimum Gasteiger partial charge on any atom is -0.385 e. The second kappa shape index (κ2) is 11.8. The zero-order valence-electron chi connectivity index (χ0n) is 18.7. The van der Waals surface area contributed by atoms with Crippen molar-refractivity contribution in [3.8, 4) is 0 Å². The van der Waals surface area contributed by atoms with Crippen molar-refractivity contribution in [2.45, 2.75) is 64.2 Å². The summed E-state index contributed by atoms with van der Waals surface area (Å²) in [6.45, 7) is 10.4. The van der Waals surface area contributed by atoms with Crippen LogP contribution in [0, 0.1) is 0 Å². The van der Waals surface area contributed by atoms with Gasteiger partial charge in [0.15, 0.2) is 0 Å². The maximum atomic E-state index is 11.7. The zero-order chi connectivity index (χ0) is 21.3. The van der Waals surface area contributed by atoms with Gasteiger partial charge in [0.05, 0.1) is 5.25 Å². The van der Waals surface area contributed by atoms with E-state index in [9.17, 15) is 8.42 Å². The molecule has 29 heavy (non-hydrogen) atoms. The van der Waals surface area contributed by atoms with Crippen molar-refractivity contribution in [3.63, 3.8) is 0 Å². The third-order valence-corrected chi connectivity index (χ3v) is 7.77. The summed E-state index contributed by atoms with van der Waals surface area (Å²) in [4.78, 5) is 4.95. The van der Waals surface area contributed by atoms with Gasteiger partial charge in [-0.3, -0.25) is 0 Å². The summed E-state index contributed by atoms with van der Waals surface area (Å²) >= 11 is 0. The normalized spacial score (nSPS) is 16.0. The zero-order valence-corrected chi connectivity index (χ0v) is 19.5. The van der Waals surface area contributed by atoms with Gasteiger partial charge in [-0.25, -0.2) is 13.1 Å². The minimum atomic E-state index is -3.13. The molecule has 0 saturated carbocycles. The lowest BCUT2D eigenvalue weighted by Crippen LogP contribution is -2.43. The third kappa shape index (κ3) is 7.79. The number of benzene rings is 1. The van der Waals surface area contributed by atoms with Gasteiger partial charge in [0.1, 0.15) is 0 Å². The van der Waals surface area contributed by atoms with Gasteiger partial charge in [0.2, 0.25) is 10.0 Å². The molecule has 166 valence electrons. The Morgan fingerprint density at radius 2 is 1.69 bits per heavy atom. The molecule has 1 saturated heterocycles. The van der Waals surface area contributed by atoms with Crippen molar-refractivity contribution in [1.82, 2.24) is 9.62 Å². The molecular formula is C22H40N4O2S. The van der Waals surface area contributed by atoms with Crippen LogP contribution >= 0.6 is 0 Å². The number of rotatable bonds is 12. The Morgan fingerprint density at radius 1 is 1.07 bits per heavy atom. The summed E-state index contributed by atoms with van der Waals surface area (Å²) in [5, 5.41) is 3.10. The number of nitrogens with zero attached hydrogens (tertiary/aromatic N) is 2. The molecule has 0 spiro atoms. The Labute approximate surface area is 178 Å². The second-order valence-electron chi connectivity index (χ2n) is 8.31. The van der Waals surface area contributed by atoms with E-state index in [0.717, 1.165) is 57.2 Å². The first-order valence-corrected chi connectivity index (χ1v) is 12.7. The standard InChI is InChI=1S/C22H40N4O2S/c1-5-25(4)21-13-17-26(18-14-21)22-11-9-20(10-12-22)23-15-7-6-8-16-24-29(27,28)19(2)3/h9-12,19,21,23-24H,5-8,13-18H2,1-4H3. The van der Waals surface area contributed by atoms with E-state index in [1.54, 1.807) is 13.8 Å². The Bertz CT molecular complexity index is 683. The number of unbranched alkanes of at least 4 members (excludes halogenated alkanes) is 2. The van der Waals surface area contributed by atoms with Crippen LogP contribution in [0.1, 0.15) is 52.9 Å². The van der Waals surface area contributed by atoms with Crippen LogP contribution in [0.25, 0.3) is 0 Å². The number of hydrogen-bond acceptors (Lipinski definition) is 5. The molecule has 1 heterocycles. The van der Waals surface area contributed by atoms with E-state index in [1.807, 2.05) is 0 Å². The molecule has 0 amide bonds. The van der Waals surface area contributed by atoms with Crippen molar-refractivity contribution >= 4 is 21.4 Å². The number of nitrogens with one attached hydrogen (secondary N) is 2. The van der Waals surface area contributed by atoms with Crippen LogP contribution in [0.5, 0.6) is 0 Å². The monoisotopic (exact) mass is 424 g/mol. The van der Waals surface area contributed by atoms with E-state index in [-0.39, 0.29) is 5.25 Å². The molecule has 2 rings (SSSR count). The maximum absolute atomic E-state index is 11.7. The lowest BCUT2D eigenvalue weighted by atomic mass is 10.0. The Balaban J connectivity index is 1.62. The molecule has 7 heteroatoms. The van der Waals surface area contributed by atoms with Crippen molar-refractivity contribution in [3.05, 3.63) is 24.3 Å². The highest BCUT2D eigenvalue weighted by atomic mass is 32.2. The summed E-state index contributed by atoms with van der Waals surface area (Å²) in [7, 11) is -0.901. The molecule has 1 aliphatic rings. The predicted octanol–water partition coefficient (Wildman–Crippen LogP) is 3.52. The SMILES string of the molecule is CCN(C)C1CCN(c2ccc(NCCCCCNS(=O)(=O)C(C)C)cc2)CC1. The quantitative estimate of drug-likeness (QED) is 0.503. The summed E-state index contributed by atoms with van der Waals surface area (Å²) in [6.07, 6.45) is 5.38. The van der Waals surface area contributed by atoms with Crippen molar-refractivity contribution in [2.75, 3.05) is 50.0 Å². The molecule has 1 aromatic carbocycles. The second-order valence-corrected chi connectivity index (χ2v) is 10.6. The van der Waals surface area contributed by atoms with E-state index >= 15 is 0 Å². The third-order valence-electron chi connectivity index (χ3n) is 5.93. The topological polar surface area (TPSA) is 64.7 Å². The van der Waals surface area contributed by atoms with E-state index in [1.165, 1.54) is 18.5 Å². The molecule has 0 aromatic heterocycles. The summed E-state index contributed by atoms with van der Waals surface area (Å²) in [6, 6.07) is 9.48. The van der Waals surface area contributed by atoms with E-state index < -0.39 is 10.0 Å². The molecule has 2 N–H and O–H groups in total. The smallest absolute Gasteiger partial charge is 0.213 e. The molecule has 1 aromatic rings. The molecule has 0 radical (unpaired) electrons. The molecule has 1 aliphatic heterocycles. The van der Waals surface area contributed by atoms with Crippen molar-refractivity contribution < 1.29 is 8.42 Å². The average Bonchev–Trinajstić information content (AvgIpc) is 2.73. The Kier molecular flexibility index (Phi) is 9.72. The highest BCUT2D eigenvalue weighted by Crippen LogP contribution is 2.23. The van der Waals surface area contributed by atoms with E-state index in [0.29, 0.717) is 6.54 Å². The van der Waals surface area contributed by atoms with E-state index in [4.69, 9.17) is 0 Å². The maximum Gasteiger partial charge on any atom is 0.213 e. The highest BCUT2D eigenvalue weighted by Gasteiger charge is 2.21. The fraction of sp³-hybridized carbons (Fsp3) is 0.727. The molecular weight excluding hydrogens is 384 g/mol. The summed E-state index contributed by atoms with van der Waals surface area (Å²) < 4.78 is 26.0. The van der Waals surface area contributed by atoms with Crippen LogP contribution in [0.15, 0.2) is 24.3 Å². The number of anilines is 2. The fourth-order valence-electron chi connectivity index (χ4n) is 3.65. The van der Waals surface area contributed by atoms with Gasteiger partial charge in [-0.15, -0.1) is 0 Å². The summed E-state index contributed by atoms with van der Waals surface area (Å²) in [5.41, 5.74) is 2.46. The average molecular weight is 425 g/mol. The van der Waals surface area contributed by atoms with Crippen LogP contribution < -0.4 is 14.9 Å². The van der Waals surface area contributed by atoms with Crippen LogP contribution in [-0.4, -0.2) is 64.4 Å². The highest BCUT2D eigenvalue weighted by molar-refractivity contribution is 7.90. The first-order valence-electron chi connectivity index (χ1n) is 11.1. The van der Waals surface area contributed by atoms with Gasteiger partial charge in [-0.1, -0.05) is 13.3 Å². The molecule has 6 nitrogen and oxygen atoms in total. The Hall–Kier alpha value is -1.31. The molecule has 0 unspecified atom stereocenters. The summed E-state index contributed by atoms with van der Waals surface area (Å²) in [5.74, 6) is 0. The first kappa shape index (κ1) is 24.0. The van der Waals surface area contributed by atoms with Gasteiger partial charge in [-0.05, 0) is 77.4 Å². The van der Waals surface area contributed by atoms with Crippen molar-refractivity contribution in [1.29, 1.82) is 0 Å². The number of hydrogen-bond donors (Lipinski definition) is 2. The minimum absolute atomic E-state index is 0.365. The van der Waals surface area contributed by atoms with Gasteiger partial charge < -0.3 is 15.1 Å². The lowest BCUT2D eigenvalue weighted by Gasteiger charge is -2.37. The van der Waals surface area contributed by atoms with Crippen LogP contribution in [0.2, 0.25) is 0 Å². The van der Waals surface area contributed by atoms with Gasteiger partial charge in [0.25, 0.3) is 0 Å². The first-order chi connectivity index (χ1) is 13.8. The van der Waals surface area contributed by atoms with E-state index in [2.05, 4.69) is 58.1 Å². The van der Waals surface area contributed by atoms with Gasteiger partial charge in [0, 0.05) is 43.6 Å². The van der Waals surface area contributed by atoms with Crippen LogP contribution in [0.3, 0.4) is 0 Å². The number of piperidine rings is 1. The number of sulfonamides is 1. The van der Waals surface area contributed by atoms with Gasteiger partial charge >= 0.3 is 0 Å². The molecule has 0 atom stereocenters. The largest absolute Gasteiger partial charge is 0.385 e. The van der Waals surface area contributed by atoms with Gasteiger partial charge in [-0.2, -0.15) is 0 Å². The fourth-order valence-corrected chi connectivity index (χ4v) is 4.42. The molecule has 0 bridgehead atoms. The molecule has 0 aliphatic carbocycles. The Morgan fingerprint density at radius 3 is 2.28 bits per heavy atom. The predicted molar refractivity (Wildman–Crippen MR) is 124 cm³/mol. The van der Waals surface area contributed by atoms with Crippen molar-refractivity contribution in [2.24, 2.45) is 0 Å². The molecule has 1 fully saturated rings. The van der Waals surface area contributed by atoms with Crippen LogP contribution in [0.4, 0.5) is 11.4 Å². The lowest BCUT2D eigenvalue weighted by molar-refractivity contribution is 0.218. The van der Waals surface area contributed by atoms with Crippen LogP contribution in [-0.2, 0) is 10.0 Å².